The molecule has 0 spiro atoms. The topological polar surface area (TPSA) is 62.3 Å². The molecule has 1 aliphatic heterocycles. The molecule has 0 radical (unpaired) electrons. The fourth-order valence-electron chi connectivity index (χ4n) is 3.28. The van der Waals surface area contributed by atoms with Gasteiger partial charge in [-0.25, -0.2) is 0 Å². The van der Waals surface area contributed by atoms with Crippen LogP contribution in [-0.4, -0.2) is 16.7 Å². The van der Waals surface area contributed by atoms with Gasteiger partial charge in [-0.1, -0.05) is 29.8 Å². The van der Waals surface area contributed by atoms with E-state index in [2.05, 4.69) is 10.3 Å². The Bertz CT molecular complexity index is 1030. The number of Topliss-reactive ketones (excluding diaryl/α,β-unsaturated/α-hetero) is 1. The van der Waals surface area contributed by atoms with Crippen LogP contribution in [0.2, 0.25) is 0 Å². The van der Waals surface area contributed by atoms with E-state index in [0.29, 0.717) is 16.8 Å². The fourth-order valence-corrected chi connectivity index (χ4v) is 3.28. The van der Waals surface area contributed by atoms with Crippen molar-refractivity contribution in [3.8, 4) is 0 Å². The van der Waals surface area contributed by atoms with Crippen molar-refractivity contribution in [1.29, 1.82) is 0 Å². The predicted octanol–water partition coefficient (Wildman–Crippen LogP) is 4.36. The van der Waals surface area contributed by atoms with Gasteiger partial charge in [-0.3, -0.25) is 19.5 Å². The molecule has 1 N–H and O–H groups in total. The lowest BCUT2D eigenvalue weighted by atomic mass is 10.1. The molecule has 5 heteroatoms. The van der Waals surface area contributed by atoms with E-state index in [-0.39, 0.29) is 11.7 Å². The van der Waals surface area contributed by atoms with E-state index in [9.17, 15) is 9.59 Å². The van der Waals surface area contributed by atoms with Gasteiger partial charge in [0.15, 0.2) is 11.9 Å². The second kappa shape index (κ2) is 6.68. The highest BCUT2D eigenvalue weighted by atomic mass is 16.2. The highest BCUT2D eigenvalue weighted by Gasteiger charge is 2.38. The van der Waals surface area contributed by atoms with Crippen molar-refractivity contribution in [2.45, 2.75) is 20.0 Å². The van der Waals surface area contributed by atoms with Gasteiger partial charge in [-0.15, -0.1) is 0 Å². The van der Waals surface area contributed by atoms with Crippen molar-refractivity contribution in [2.24, 2.45) is 0 Å². The van der Waals surface area contributed by atoms with E-state index in [1.807, 2.05) is 43.3 Å². The summed E-state index contributed by atoms with van der Waals surface area (Å²) >= 11 is 0. The molecule has 27 heavy (non-hydrogen) atoms. The molecule has 2 heterocycles. The van der Waals surface area contributed by atoms with Gasteiger partial charge in [-0.2, -0.15) is 0 Å². The number of anilines is 2. The summed E-state index contributed by atoms with van der Waals surface area (Å²) in [5, 5.41) is 3.38. The van der Waals surface area contributed by atoms with Crippen LogP contribution in [0, 0.1) is 6.92 Å². The predicted molar refractivity (Wildman–Crippen MR) is 105 cm³/mol. The van der Waals surface area contributed by atoms with E-state index < -0.39 is 6.17 Å². The second-order valence-corrected chi connectivity index (χ2v) is 6.63. The van der Waals surface area contributed by atoms with Crippen LogP contribution in [0.4, 0.5) is 11.4 Å². The Morgan fingerprint density at radius 3 is 2.59 bits per heavy atom. The van der Waals surface area contributed by atoms with Crippen molar-refractivity contribution >= 4 is 23.1 Å². The Morgan fingerprint density at radius 1 is 1.07 bits per heavy atom. The Balaban J connectivity index is 1.77. The standard InChI is InChI=1S/C22H19N3O2/c1-14-8-10-18(11-9-14)25-21(20-19(22(25)27)7-4-12-23-20)24-17-6-3-5-16(13-17)15(2)26/h3-13,21,24H,1-2H3. The maximum Gasteiger partial charge on any atom is 0.262 e. The average molecular weight is 357 g/mol. The van der Waals surface area contributed by atoms with Crippen LogP contribution < -0.4 is 10.2 Å². The number of rotatable bonds is 4. The highest BCUT2D eigenvalue weighted by molar-refractivity contribution is 6.11. The molecule has 0 aliphatic carbocycles. The molecule has 2 aromatic carbocycles. The molecule has 3 aromatic rings. The molecule has 1 unspecified atom stereocenters. The lowest BCUT2D eigenvalue weighted by Gasteiger charge is -2.26. The van der Waals surface area contributed by atoms with Gasteiger partial charge in [0.2, 0.25) is 0 Å². The maximum absolute atomic E-state index is 13.0. The largest absolute Gasteiger partial charge is 0.360 e. The lowest BCUT2D eigenvalue weighted by Crippen LogP contribution is -2.32. The molecule has 1 aliphatic rings. The Hall–Kier alpha value is -3.47. The van der Waals surface area contributed by atoms with Crippen LogP contribution >= 0.6 is 0 Å². The average Bonchev–Trinajstić information content (AvgIpc) is 2.95. The second-order valence-electron chi connectivity index (χ2n) is 6.63. The molecule has 134 valence electrons. The number of hydrogen-bond acceptors (Lipinski definition) is 4. The van der Waals surface area contributed by atoms with E-state index in [4.69, 9.17) is 0 Å². The number of ketones is 1. The normalized spacial score (nSPS) is 15.6. The van der Waals surface area contributed by atoms with Gasteiger partial charge in [0.1, 0.15) is 0 Å². The maximum atomic E-state index is 13.0. The minimum atomic E-state index is -0.446. The molecule has 4 rings (SSSR count). The molecule has 1 atom stereocenters. The zero-order valence-electron chi connectivity index (χ0n) is 15.1. The molecule has 0 fully saturated rings. The fraction of sp³-hybridized carbons (Fsp3) is 0.136. The molecular formula is C22H19N3O2. The van der Waals surface area contributed by atoms with E-state index in [0.717, 1.165) is 16.9 Å². The van der Waals surface area contributed by atoms with E-state index in [1.54, 1.807) is 35.4 Å². The van der Waals surface area contributed by atoms with E-state index in [1.165, 1.54) is 6.92 Å². The van der Waals surface area contributed by atoms with Gasteiger partial charge in [0, 0.05) is 23.1 Å². The number of benzene rings is 2. The summed E-state index contributed by atoms with van der Waals surface area (Å²) in [6.07, 6.45) is 1.24. The zero-order chi connectivity index (χ0) is 19.0. The van der Waals surface area contributed by atoms with Crippen molar-refractivity contribution < 1.29 is 9.59 Å². The number of aryl methyl sites for hydroxylation is 1. The highest BCUT2D eigenvalue weighted by Crippen LogP contribution is 2.37. The summed E-state index contributed by atoms with van der Waals surface area (Å²) in [7, 11) is 0. The van der Waals surface area contributed by atoms with Crippen LogP contribution in [0.5, 0.6) is 0 Å². The Labute approximate surface area is 157 Å². The first-order chi connectivity index (χ1) is 13.0. The van der Waals surface area contributed by atoms with Gasteiger partial charge in [-0.05, 0) is 50.2 Å². The number of pyridine rings is 1. The number of amides is 1. The van der Waals surface area contributed by atoms with Crippen LogP contribution in [0.1, 0.15) is 45.1 Å². The lowest BCUT2D eigenvalue weighted by molar-refractivity contribution is 0.0989. The third kappa shape index (κ3) is 3.08. The molecule has 0 bridgehead atoms. The molecule has 5 nitrogen and oxygen atoms in total. The summed E-state index contributed by atoms with van der Waals surface area (Å²) in [5.74, 6) is -0.0998. The minimum Gasteiger partial charge on any atom is -0.360 e. The van der Waals surface area contributed by atoms with Crippen LogP contribution in [0.25, 0.3) is 0 Å². The van der Waals surface area contributed by atoms with E-state index >= 15 is 0 Å². The smallest absolute Gasteiger partial charge is 0.262 e. The SMILES string of the molecule is CC(=O)c1cccc(NC2c3ncccc3C(=O)N2c2ccc(C)cc2)c1. The Kier molecular flexibility index (Phi) is 4.20. The van der Waals surface area contributed by atoms with Crippen LogP contribution in [-0.2, 0) is 0 Å². The van der Waals surface area contributed by atoms with Crippen molar-refractivity contribution in [3.63, 3.8) is 0 Å². The number of nitrogens with one attached hydrogen (secondary N) is 1. The number of hydrogen-bond donors (Lipinski definition) is 1. The van der Waals surface area contributed by atoms with Gasteiger partial charge < -0.3 is 5.32 Å². The van der Waals surface area contributed by atoms with Crippen LogP contribution in [0.3, 0.4) is 0 Å². The zero-order valence-corrected chi connectivity index (χ0v) is 15.1. The molecule has 1 aromatic heterocycles. The van der Waals surface area contributed by atoms with Gasteiger partial charge in [0.05, 0.1) is 11.3 Å². The monoisotopic (exact) mass is 357 g/mol. The first-order valence-corrected chi connectivity index (χ1v) is 8.77. The number of carbonyl (C=O) groups is 2. The molecule has 0 saturated heterocycles. The molecule has 0 saturated carbocycles. The summed E-state index contributed by atoms with van der Waals surface area (Å²) in [5.41, 5.74) is 4.56. The number of carbonyl (C=O) groups excluding carboxylic acids is 2. The summed E-state index contributed by atoms with van der Waals surface area (Å²) in [6.45, 7) is 3.54. The molecular weight excluding hydrogens is 338 g/mol. The summed E-state index contributed by atoms with van der Waals surface area (Å²) < 4.78 is 0. The number of fused-ring (bicyclic) bond motifs is 1. The van der Waals surface area contributed by atoms with Gasteiger partial charge >= 0.3 is 0 Å². The summed E-state index contributed by atoms with van der Waals surface area (Å²) in [6, 6.07) is 18.6. The minimum absolute atomic E-state index is 0.00457. The first kappa shape index (κ1) is 17.0. The quantitative estimate of drug-likeness (QED) is 0.705. The van der Waals surface area contributed by atoms with Gasteiger partial charge in [0.25, 0.3) is 5.91 Å². The first-order valence-electron chi connectivity index (χ1n) is 8.77. The van der Waals surface area contributed by atoms with Crippen molar-refractivity contribution in [1.82, 2.24) is 4.98 Å². The summed E-state index contributed by atoms with van der Waals surface area (Å²) in [4.78, 5) is 30.9. The number of nitrogens with zero attached hydrogens (tertiary/aromatic N) is 2. The third-order valence-corrected chi connectivity index (χ3v) is 4.69. The third-order valence-electron chi connectivity index (χ3n) is 4.69. The van der Waals surface area contributed by atoms with Crippen molar-refractivity contribution in [3.05, 3.63) is 89.2 Å². The van der Waals surface area contributed by atoms with Crippen molar-refractivity contribution in [2.75, 3.05) is 10.2 Å². The number of aromatic nitrogens is 1. The Morgan fingerprint density at radius 2 is 1.85 bits per heavy atom. The van der Waals surface area contributed by atoms with Crippen LogP contribution in [0.15, 0.2) is 66.9 Å². The molecule has 1 amide bonds.